The average Bonchev–Trinajstić information content (AvgIpc) is 2.54. The lowest BCUT2D eigenvalue weighted by atomic mass is 10.2. The largest absolute Gasteiger partial charge is 0.326 e. The Balaban J connectivity index is 1.79. The maximum Gasteiger partial charge on any atom is 0.269 e. The van der Waals surface area contributed by atoms with Crippen molar-refractivity contribution >= 4 is 40.1 Å². The van der Waals surface area contributed by atoms with Gasteiger partial charge >= 0.3 is 0 Å². The third kappa shape index (κ3) is 5.65. The molecule has 7 heteroatoms. The number of carbonyl (C=O) groups excluding carboxylic acids is 2. The van der Waals surface area contributed by atoms with Gasteiger partial charge in [0.05, 0.1) is 6.42 Å². The van der Waals surface area contributed by atoms with Gasteiger partial charge in [0.25, 0.3) is 5.91 Å². The summed E-state index contributed by atoms with van der Waals surface area (Å²) in [6, 6.07) is 12.5. The summed E-state index contributed by atoms with van der Waals surface area (Å²) in [7, 11) is 0. The van der Waals surface area contributed by atoms with Gasteiger partial charge in [-0.05, 0) is 65.1 Å². The Bertz CT molecular complexity index is 763. The molecular weight excluding hydrogens is 424 g/mol. The highest BCUT2D eigenvalue weighted by atomic mass is 127. The summed E-state index contributed by atoms with van der Waals surface area (Å²) in [5.74, 6) is -1.03. The highest BCUT2D eigenvalue weighted by molar-refractivity contribution is 14.1. The number of benzene rings is 2. The van der Waals surface area contributed by atoms with Crippen LogP contribution in [-0.4, -0.2) is 11.8 Å². The summed E-state index contributed by atoms with van der Waals surface area (Å²) in [6.45, 7) is 3.69. The lowest BCUT2D eigenvalue weighted by molar-refractivity contribution is -0.115. The molecule has 0 spiro atoms. The summed E-state index contributed by atoms with van der Waals surface area (Å²) < 4.78 is 13.7. The zero-order valence-corrected chi connectivity index (χ0v) is 14.8. The maximum absolute atomic E-state index is 12.8. The molecule has 0 aliphatic carbocycles. The molecule has 0 radical (unpaired) electrons. The number of carbonyl (C=O) groups is 2. The van der Waals surface area contributed by atoms with Gasteiger partial charge in [0, 0.05) is 20.5 Å². The third-order valence-electron chi connectivity index (χ3n) is 2.94. The van der Waals surface area contributed by atoms with Crippen LogP contribution in [0, 0.1) is 9.39 Å². The van der Waals surface area contributed by atoms with Crippen molar-refractivity contribution in [2.75, 3.05) is 5.32 Å². The molecule has 5 nitrogen and oxygen atoms in total. The van der Waals surface area contributed by atoms with Crippen LogP contribution in [-0.2, 0) is 4.79 Å². The van der Waals surface area contributed by atoms with Crippen LogP contribution in [0.15, 0.2) is 60.8 Å². The number of hydrogen-bond donors (Lipinski definition) is 3. The Hall–Kier alpha value is -2.42. The normalized spacial score (nSPS) is 9.92. The molecule has 0 aliphatic heterocycles. The van der Waals surface area contributed by atoms with Gasteiger partial charge in [0.15, 0.2) is 0 Å². The second-order valence-electron chi connectivity index (χ2n) is 4.92. The molecule has 0 saturated heterocycles. The number of rotatable bonds is 6. The number of anilines is 1. The van der Waals surface area contributed by atoms with Crippen molar-refractivity contribution in [2.45, 2.75) is 6.42 Å². The average molecular weight is 439 g/mol. The number of hydrazine groups is 1. The van der Waals surface area contributed by atoms with Gasteiger partial charge in [-0.2, -0.15) is 0 Å². The fourth-order valence-corrected chi connectivity index (χ4v) is 2.37. The van der Waals surface area contributed by atoms with Crippen molar-refractivity contribution < 1.29 is 14.0 Å². The fourth-order valence-electron chi connectivity index (χ4n) is 1.82. The second kappa shape index (κ2) is 8.44. The molecule has 0 bridgehead atoms. The lowest BCUT2D eigenvalue weighted by Crippen LogP contribution is -2.37. The smallest absolute Gasteiger partial charge is 0.269 e. The first-order chi connectivity index (χ1) is 11.4. The fraction of sp³-hybridized carbons (Fsp3) is 0.0588. The standard InChI is InChI=1S/C17H15FIN3O2/c1-11(9-16(23)20-15-7-5-13(18)6-8-15)21-22-17(24)12-3-2-4-14(19)10-12/h2-8,10,21H,1,9H2,(H,20,23)(H,22,24). The molecule has 3 N–H and O–H groups in total. The SMILES string of the molecule is C=C(CC(=O)Nc1ccc(F)cc1)NNC(=O)c1cccc(I)c1. The lowest BCUT2D eigenvalue weighted by Gasteiger charge is -2.11. The molecule has 2 amide bonds. The maximum atomic E-state index is 12.8. The summed E-state index contributed by atoms with van der Waals surface area (Å²) in [5.41, 5.74) is 6.40. The molecule has 24 heavy (non-hydrogen) atoms. The predicted molar refractivity (Wildman–Crippen MR) is 98.5 cm³/mol. The zero-order valence-electron chi connectivity index (χ0n) is 12.6. The van der Waals surface area contributed by atoms with E-state index in [-0.39, 0.29) is 24.1 Å². The van der Waals surface area contributed by atoms with E-state index in [1.54, 1.807) is 18.2 Å². The Morgan fingerprint density at radius 1 is 1.08 bits per heavy atom. The van der Waals surface area contributed by atoms with Gasteiger partial charge in [0.1, 0.15) is 5.82 Å². The van der Waals surface area contributed by atoms with E-state index in [0.29, 0.717) is 16.9 Å². The van der Waals surface area contributed by atoms with Crippen LogP contribution in [0.5, 0.6) is 0 Å². The molecular formula is C17H15FIN3O2. The van der Waals surface area contributed by atoms with Crippen LogP contribution in [0.25, 0.3) is 0 Å². The van der Waals surface area contributed by atoms with E-state index >= 15 is 0 Å². The molecule has 0 aliphatic rings. The Morgan fingerprint density at radius 2 is 1.79 bits per heavy atom. The highest BCUT2D eigenvalue weighted by Crippen LogP contribution is 2.09. The minimum atomic E-state index is -0.377. The monoisotopic (exact) mass is 439 g/mol. The van der Waals surface area contributed by atoms with E-state index in [4.69, 9.17) is 0 Å². The van der Waals surface area contributed by atoms with E-state index in [9.17, 15) is 14.0 Å². The van der Waals surface area contributed by atoms with Crippen molar-refractivity contribution in [3.8, 4) is 0 Å². The first-order valence-corrected chi connectivity index (χ1v) is 8.07. The van der Waals surface area contributed by atoms with Gasteiger partial charge < -0.3 is 10.7 Å². The highest BCUT2D eigenvalue weighted by Gasteiger charge is 2.08. The van der Waals surface area contributed by atoms with Crippen LogP contribution in [0.1, 0.15) is 16.8 Å². The Kier molecular flexibility index (Phi) is 6.30. The van der Waals surface area contributed by atoms with Gasteiger partial charge in [-0.1, -0.05) is 12.6 Å². The number of hydrogen-bond acceptors (Lipinski definition) is 3. The van der Waals surface area contributed by atoms with E-state index in [0.717, 1.165) is 3.57 Å². The van der Waals surface area contributed by atoms with E-state index in [2.05, 4.69) is 45.3 Å². The Morgan fingerprint density at radius 3 is 2.46 bits per heavy atom. The van der Waals surface area contributed by atoms with E-state index in [1.165, 1.54) is 24.3 Å². The predicted octanol–water partition coefficient (Wildman–Crippen LogP) is 3.21. The van der Waals surface area contributed by atoms with Crippen LogP contribution in [0.2, 0.25) is 0 Å². The zero-order chi connectivity index (χ0) is 17.5. The van der Waals surface area contributed by atoms with Gasteiger partial charge in [-0.25, -0.2) is 4.39 Å². The summed E-state index contributed by atoms with van der Waals surface area (Å²) >= 11 is 2.11. The van der Waals surface area contributed by atoms with E-state index < -0.39 is 0 Å². The number of amides is 2. The minimum Gasteiger partial charge on any atom is -0.326 e. The molecule has 0 saturated carbocycles. The molecule has 124 valence electrons. The summed E-state index contributed by atoms with van der Waals surface area (Å²) in [4.78, 5) is 23.8. The van der Waals surface area contributed by atoms with Gasteiger partial charge in [0.2, 0.25) is 5.91 Å². The number of halogens is 2. The Labute approximate surface area is 152 Å². The van der Waals surface area contributed by atoms with Crippen molar-refractivity contribution in [3.63, 3.8) is 0 Å². The quantitative estimate of drug-likeness (QED) is 0.479. The minimum absolute atomic E-state index is 0.0377. The summed E-state index contributed by atoms with van der Waals surface area (Å²) in [5, 5.41) is 2.61. The molecule has 0 unspecified atom stereocenters. The van der Waals surface area contributed by atoms with Crippen LogP contribution < -0.4 is 16.2 Å². The molecule has 0 aromatic heterocycles. The first-order valence-electron chi connectivity index (χ1n) is 6.99. The molecule has 2 aromatic rings. The molecule has 2 aromatic carbocycles. The topological polar surface area (TPSA) is 70.2 Å². The number of nitrogens with one attached hydrogen (secondary N) is 3. The van der Waals surface area contributed by atoms with Crippen molar-refractivity contribution in [1.29, 1.82) is 0 Å². The van der Waals surface area contributed by atoms with Crippen molar-refractivity contribution in [2.24, 2.45) is 0 Å². The van der Waals surface area contributed by atoms with Gasteiger partial charge in [-0.15, -0.1) is 0 Å². The van der Waals surface area contributed by atoms with Crippen LogP contribution in [0.4, 0.5) is 10.1 Å². The van der Waals surface area contributed by atoms with Crippen LogP contribution >= 0.6 is 22.6 Å². The molecule has 2 rings (SSSR count). The van der Waals surface area contributed by atoms with E-state index in [1.807, 2.05) is 6.07 Å². The molecule has 0 heterocycles. The third-order valence-corrected chi connectivity index (χ3v) is 3.61. The van der Waals surface area contributed by atoms with Crippen LogP contribution in [0.3, 0.4) is 0 Å². The van der Waals surface area contributed by atoms with Gasteiger partial charge in [-0.3, -0.25) is 15.0 Å². The second-order valence-corrected chi connectivity index (χ2v) is 6.17. The summed E-state index contributed by atoms with van der Waals surface area (Å²) in [6.07, 6.45) is -0.0377. The molecule has 0 fully saturated rings. The first kappa shape index (κ1) is 17.9. The molecule has 0 atom stereocenters. The van der Waals surface area contributed by atoms with Crippen molar-refractivity contribution in [3.05, 3.63) is 75.8 Å². The van der Waals surface area contributed by atoms with Crippen molar-refractivity contribution in [1.82, 2.24) is 10.9 Å².